The summed E-state index contributed by atoms with van der Waals surface area (Å²) in [5, 5.41) is 0. The van der Waals surface area contributed by atoms with Gasteiger partial charge >= 0.3 is 6.09 Å². The van der Waals surface area contributed by atoms with Gasteiger partial charge < -0.3 is 9.64 Å². The molecule has 0 spiro atoms. The topological polar surface area (TPSA) is 50.8 Å². The maximum atomic E-state index is 12.0. The van der Waals surface area contributed by atoms with E-state index in [0.717, 1.165) is 30.4 Å². The molecule has 0 bridgehead atoms. The van der Waals surface area contributed by atoms with Crippen molar-refractivity contribution in [3.63, 3.8) is 0 Å². The fraction of sp³-hybridized carbons (Fsp3) is 0.438. The van der Waals surface area contributed by atoms with Crippen LogP contribution in [0.1, 0.15) is 24.8 Å². The molecule has 1 aliphatic carbocycles. The van der Waals surface area contributed by atoms with Crippen LogP contribution in [-0.4, -0.2) is 30.2 Å². The van der Waals surface area contributed by atoms with Crippen LogP contribution >= 0.6 is 0 Å². The van der Waals surface area contributed by atoms with Gasteiger partial charge in [0.05, 0.1) is 6.10 Å². The van der Waals surface area contributed by atoms with Crippen LogP contribution in [0.3, 0.4) is 0 Å². The van der Waals surface area contributed by atoms with Gasteiger partial charge in [-0.05, 0) is 30.4 Å². The number of nitrogens with one attached hydrogen (secondary N) is 1. The molecule has 112 valence electrons. The highest BCUT2D eigenvalue weighted by atomic mass is 16.7. The summed E-state index contributed by atoms with van der Waals surface area (Å²) in [5.74, 6) is 0. The van der Waals surface area contributed by atoms with Gasteiger partial charge in [-0.3, -0.25) is 10.3 Å². The van der Waals surface area contributed by atoms with Crippen LogP contribution in [0.4, 0.5) is 4.79 Å². The largest absolute Gasteiger partial charge is 0.445 e. The Morgan fingerprint density at radius 3 is 2.90 bits per heavy atom. The van der Waals surface area contributed by atoms with Gasteiger partial charge in [0.1, 0.15) is 6.61 Å². The fourth-order valence-corrected chi connectivity index (χ4v) is 2.17. The lowest BCUT2D eigenvalue weighted by atomic mass is 10.2. The lowest BCUT2D eigenvalue weighted by molar-refractivity contribution is 0.0561. The Morgan fingerprint density at radius 1 is 1.33 bits per heavy atom. The van der Waals surface area contributed by atoms with Crippen LogP contribution in [0.2, 0.25) is 0 Å². The van der Waals surface area contributed by atoms with E-state index in [4.69, 9.17) is 9.57 Å². The average Bonchev–Trinajstić information content (AvgIpc) is 3.22. The van der Waals surface area contributed by atoms with Crippen molar-refractivity contribution in [3.05, 3.63) is 47.7 Å². The summed E-state index contributed by atoms with van der Waals surface area (Å²) in [6.07, 6.45) is 5.10. The third-order valence-electron chi connectivity index (χ3n) is 3.58. The molecule has 1 amide bonds. The zero-order chi connectivity index (χ0) is 14.5. The summed E-state index contributed by atoms with van der Waals surface area (Å²) in [7, 11) is 0. The van der Waals surface area contributed by atoms with Crippen LogP contribution < -0.4 is 5.48 Å². The van der Waals surface area contributed by atoms with Crippen molar-refractivity contribution in [2.24, 2.45) is 0 Å². The number of ether oxygens (including phenoxy) is 1. The van der Waals surface area contributed by atoms with Gasteiger partial charge in [-0.15, -0.1) is 0 Å². The molecule has 1 saturated carbocycles. The van der Waals surface area contributed by atoms with Crippen LogP contribution in [0.25, 0.3) is 0 Å². The van der Waals surface area contributed by atoms with E-state index in [1.165, 1.54) is 0 Å². The number of benzene rings is 1. The first-order chi connectivity index (χ1) is 10.3. The quantitative estimate of drug-likeness (QED) is 0.846. The summed E-state index contributed by atoms with van der Waals surface area (Å²) < 4.78 is 5.32. The van der Waals surface area contributed by atoms with E-state index in [1.807, 2.05) is 36.5 Å². The summed E-state index contributed by atoms with van der Waals surface area (Å²) >= 11 is 0. The number of carbonyl (C=O) groups is 1. The molecule has 5 nitrogen and oxygen atoms in total. The van der Waals surface area contributed by atoms with Gasteiger partial charge in [-0.25, -0.2) is 4.79 Å². The maximum absolute atomic E-state index is 12.0. The maximum Gasteiger partial charge on any atom is 0.410 e. The van der Waals surface area contributed by atoms with Crippen molar-refractivity contribution in [1.29, 1.82) is 0 Å². The number of carbonyl (C=O) groups excluding carboxylic acids is 1. The number of amides is 1. The second-order valence-electron chi connectivity index (χ2n) is 5.45. The minimum Gasteiger partial charge on any atom is -0.445 e. The molecule has 2 aliphatic rings. The minimum absolute atomic E-state index is 0.259. The van der Waals surface area contributed by atoms with Crippen molar-refractivity contribution < 1.29 is 14.4 Å². The Morgan fingerprint density at radius 2 is 2.14 bits per heavy atom. The molecule has 0 radical (unpaired) electrons. The van der Waals surface area contributed by atoms with E-state index in [9.17, 15) is 4.79 Å². The number of hydroxylamine groups is 1. The number of nitrogens with zero attached hydrogens (tertiary/aromatic N) is 1. The Hall–Kier alpha value is -2.01. The Bertz CT molecular complexity index is 512. The molecule has 1 saturated heterocycles. The Kier molecular flexibility index (Phi) is 4.40. The predicted molar refractivity (Wildman–Crippen MR) is 78.1 cm³/mol. The van der Waals surface area contributed by atoms with Crippen molar-refractivity contribution in [3.8, 4) is 0 Å². The minimum atomic E-state index is -0.259. The van der Waals surface area contributed by atoms with E-state index in [2.05, 4.69) is 5.48 Å². The zero-order valence-electron chi connectivity index (χ0n) is 12.0. The summed E-state index contributed by atoms with van der Waals surface area (Å²) in [6, 6.07) is 9.71. The van der Waals surface area contributed by atoms with E-state index in [-0.39, 0.29) is 6.09 Å². The third-order valence-corrected chi connectivity index (χ3v) is 3.58. The highest BCUT2D eigenvalue weighted by Crippen LogP contribution is 2.22. The van der Waals surface area contributed by atoms with E-state index >= 15 is 0 Å². The van der Waals surface area contributed by atoms with Gasteiger partial charge in [0, 0.05) is 19.3 Å². The van der Waals surface area contributed by atoms with Crippen molar-refractivity contribution in [2.45, 2.75) is 32.0 Å². The molecule has 5 heteroatoms. The zero-order valence-corrected chi connectivity index (χ0v) is 12.0. The molecule has 1 N–H and O–H groups in total. The molecule has 3 rings (SSSR count). The highest BCUT2D eigenvalue weighted by molar-refractivity contribution is 5.68. The first-order valence-electron chi connectivity index (χ1n) is 7.36. The lowest BCUT2D eigenvalue weighted by Gasteiger charge is -2.15. The molecule has 0 aromatic heterocycles. The van der Waals surface area contributed by atoms with Gasteiger partial charge in [0.25, 0.3) is 0 Å². The monoisotopic (exact) mass is 288 g/mol. The summed E-state index contributed by atoms with van der Waals surface area (Å²) in [4.78, 5) is 19.1. The molecular weight excluding hydrogens is 268 g/mol. The fourth-order valence-electron chi connectivity index (χ4n) is 2.17. The van der Waals surface area contributed by atoms with Crippen LogP contribution in [0, 0.1) is 0 Å². The average molecular weight is 288 g/mol. The second-order valence-corrected chi connectivity index (χ2v) is 5.45. The molecule has 0 atom stereocenters. The molecule has 1 aromatic rings. The smallest absolute Gasteiger partial charge is 0.410 e. The van der Waals surface area contributed by atoms with Gasteiger partial charge in [-0.2, -0.15) is 0 Å². The van der Waals surface area contributed by atoms with Crippen molar-refractivity contribution in [2.75, 3.05) is 13.1 Å². The van der Waals surface area contributed by atoms with Crippen molar-refractivity contribution >= 4 is 6.09 Å². The van der Waals surface area contributed by atoms with Gasteiger partial charge in [-0.1, -0.05) is 30.3 Å². The third kappa shape index (κ3) is 4.23. The number of hydrogen-bond donors (Lipinski definition) is 1. The number of rotatable bonds is 5. The molecule has 1 aliphatic heterocycles. The number of likely N-dealkylation sites (tertiary alicyclic amines) is 1. The lowest BCUT2D eigenvalue weighted by Crippen LogP contribution is -2.28. The molecule has 1 heterocycles. The molecular formula is C16H20N2O3. The predicted octanol–water partition coefficient (Wildman–Crippen LogP) is 2.60. The standard InChI is InChI=1S/C16H20N2O3/c19-16(20-12-13-4-2-1-3-5-13)18-9-8-14(11-18)10-17-21-15-6-7-15/h1-5,10,15,17H,6-9,11-12H2. The Labute approximate surface area is 124 Å². The summed E-state index contributed by atoms with van der Waals surface area (Å²) in [6.45, 7) is 1.62. The van der Waals surface area contributed by atoms with E-state index in [1.54, 1.807) is 4.90 Å². The normalized spacial score (nSPS) is 19.8. The van der Waals surface area contributed by atoms with Crippen LogP contribution in [0.15, 0.2) is 42.1 Å². The SMILES string of the molecule is O=C(OCc1ccccc1)N1CCC(=CNOC2CC2)C1. The van der Waals surface area contributed by atoms with Gasteiger partial charge in [0.2, 0.25) is 0 Å². The van der Waals surface area contributed by atoms with Crippen molar-refractivity contribution in [1.82, 2.24) is 10.4 Å². The first kappa shape index (κ1) is 13.9. The molecule has 1 aromatic carbocycles. The molecule has 2 fully saturated rings. The van der Waals surface area contributed by atoms with Crippen LogP contribution in [-0.2, 0) is 16.2 Å². The Balaban J connectivity index is 1.41. The van der Waals surface area contributed by atoms with Crippen LogP contribution in [0.5, 0.6) is 0 Å². The second kappa shape index (κ2) is 6.63. The molecule has 21 heavy (non-hydrogen) atoms. The van der Waals surface area contributed by atoms with E-state index in [0.29, 0.717) is 25.8 Å². The summed E-state index contributed by atoms with van der Waals surface area (Å²) in [5.41, 5.74) is 5.03. The van der Waals surface area contributed by atoms with E-state index < -0.39 is 0 Å². The first-order valence-corrected chi connectivity index (χ1v) is 7.36. The molecule has 0 unspecified atom stereocenters. The van der Waals surface area contributed by atoms with Gasteiger partial charge in [0.15, 0.2) is 0 Å². The highest BCUT2D eigenvalue weighted by Gasteiger charge is 2.24. The number of hydrogen-bond acceptors (Lipinski definition) is 4.